The molecule has 0 aliphatic carbocycles. The van der Waals surface area contributed by atoms with Crippen molar-refractivity contribution >= 4 is 33.3 Å². The smallest absolute Gasteiger partial charge is 0.224 e. The number of rotatable bonds is 3. The van der Waals surface area contributed by atoms with E-state index >= 15 is 0 Å². The van der Waals surface area contributed by atoms with Gasteiger partial charge < -0.3 is 5.32 Å². The Morgan fingerprint density at radius 3 is 2.89 bits per heavy atom. The number of hydrogen-bond acceptors (Lipinski definition) is 3. The highest BCUT2D eigenvalue weighted by molar-refractivity contribution is 9.10. The number of hydrogen-bond donors (Lipinski definition) is 1. The van der Waals surface area contributed by atoms with Crippen LogP contribution in [0.5, 0.6) is 0 Å². The minimum absolute atomic E-state index is 0.238. The van der Waals surface area contributed by atoms with Crippen LogP contribution in [0.1, 0.15) is 16.7 Å². The van der Waals surface area contributed by atoms with Crippen molar-refractivity contribution in [3.63, 3.8) is 0 Å². The summed E-state index contributed by atoms with van der Waals surface area (Å²) in [4.78, 5) is 8.03. The van der Waals surface area contributed by atoms with Crippen molar-refractivity contribution < 1.29 is 0 Å². The molecular weight excluding hydrogens is 314 g/mol. The highest BCUT2D eigenvalue weighted by atomic mass is 79.9. The molecule has 0 fully saturated rings. The van der Waals surface area contributed by atoms with E-state index in [2.05, 4.69) is 63.3 Å². The van der Waals surface area contributed by atoms with Crippen LogP contribution < -0.4 is 5.32 Å². The molecule has 0 radical (unpaired) electrons. The second-order valence-electron chi connectivity index (χ2n) is 4.05. The fourth-order valence-electron chi connectivity index (χ4n) is 1.65. The fourth-order valence-corrected chi connectivity index (χ4v) is 2.12. The average molecular weight is 327 g/mol. The van der Waals surface area contributed by atoms with Gasteiger partial charge in [0.05, 0.1) is 4.47 Å². The zero-order valence-electron chi connectivity index (χ0n) is 10.2. The molecule has 5 heteroatoms. The van der Waals surface area contributed by atoms with Crippen LogP contribution in [0.3, 0.4) is 0 Å². The first-order chi connectivity index (χ1) is 8.58. The second kappa shape index (κ2) is 5.67. The van der Waals surface area contributed by atoms with Gasteiger partial charge in [-0.3, -0.25) is 0 Å². The van der Waals surface area contributed by atoms with Crippen LogP contribution in [0.4, 0.5) is 5.82 Å². The van der Waals surface area contributed by atoms with Crippen LogP contribution in [-0.4, -0.2) is 9.97 Å². The summed E-state index contributed by atoms with van der Waals surface area (Å²) in [5.41, 5.74) is 3.83. The quantitative estimate of drug-likeness (QED) is 0.862. The lowest BCUT2D eigenvalue weighted by Crippen LogP contribution is -2.05. The first kappa shape index (κ1) is 13.3. The van der Waals surface area contributed by atoms with Crippen molar-refractivity contribution in [3.8, 4) is 0 Å². The summed E-state index contributed by atoms with van der Waals surface area (Å²) in [6.07, 6.45) is 1.64. The maximum atomic E-state index is 5.77. The highest BCUT2D eigenvalue weighted by Gasteiger charge is 2.05. The molecule has 2 rings (SSSR count). The van der Waals surface area contributed by atoms with Crippen LogP contribution in [-0.2, 0) is 6.54 Å². The summed E-state index contributed by atoms with van der Waals surface area (Å²) in [5, 5.41) is 3.49. The lowest BCUT2D eigenvalue weighted by atomic mass is 10.0. The fraction of sp³-hybridized carbons (Fsp3) is 0.231. The topological polar surface area (TPSA) is 37.8 Å². The number of aryl methyl sites for hydroxylation is 1. The van der Waals surface area contributed by atoms with Gasteiger partial charge in [-0.15, -0.1) is 0 Å². The van der Waals surface area contributed by atoms with E-state index in [0.29, 0.717) is 12.4 Å². The van der Waals surface area contributed by atoms with E-state index < -0.39 is 0 Å². The van der Waals surface area contributed by atoms with E-state index in [9.17, 15) is 0 Å². The third-order valence-corrected chi connectivity index (χ3v) is 3.64. The summed E-state index contributed by atoms with van der Waals surface area (Å²) in [6, 6.07) is 6.27. The van der Waals surface area contributed by atoms with Gasteiger partial charge in [0.25, 0.3) is 0 Å². The molecule has 0 unspecified atom stereocenters. The lowest BCUT2D eigenvalue weighted by Gasteiger charge is -2.11. The van der Waals surface area contributed by atoms with Crippen molar-refractivity contribution in [2.24, 2.45) is 0 Å². The number of anilines is 1. The van der Waals surface area contributed by atoms with Crippen LogP contribution in [0.15, 0.2) is 28.9 Å². The van der Waals surface area contributed by atoms with Gasteiger partial charge in [0.15, 0.2) is 0 Å². The molecule has 1 aromatic heterocycles. The van der Waals surface area contributed by atoms with Gasteiger partial charge >= 0.3 is 0 Å². The Kier molecular flexibility index (Phi) is 4.19. The number of halogens is 2. The molecule has 0 saturated carbocycles. The van der Waals surface area contributed by atoms with Crippen molar-refractivity contribution in [2.45, 2.75) is 20.4 Å². The Morgan fingerprint density at radius 1 is 1.33 bits per heavy atom. The summed E-state index contributed by atoms with van der Waals surface area (Å²) in [5.74, 6) is 0.705. The standard InChI is InChI=1S/C13H13BrClN3/c1-8-4-3-5-10(9(8)2)6-16-12-11(14)7-17-13(15)18-12/h3-5,7H,6H2,1-2H3,(H,16,17,18). The van der Waals surface area contributed by atoms with Crippen LogP contribution in [0.25, 0.3) is 0 Å². The van der Waals surface area contributed by atoms with E-state index in [1.165, 1.54) is 16.7 Å². The van der Waals surface area contributed by atoms with Gasteiger partial charge in [0, 0.05) is 12.7 Å². The predicted octanol–water partition coefficient (Wildman–Crippen LogP) is 4.12. The van der Waals surface area contributed by atoms with Crippen molar-refractivity contribution in [1.29, 1.82) is 0 Å². The molecule has 2 aromatic rings. The summed E-state index contributed by atoms with van der Waals surface area (Å²) in [7, 11) is 0. The Labute approximate surface area is 120 Å². The maximum Gasteiger partial charge on any atom is 0.224 e. The van der Waals surface area contributed by atoms with Crippen LogP contribution in [0.2, 0.25) is 5.28 Å². The average Bonchev–Trinajstić information content (AvgIpc) is 2.35. The molecule has 0 aliphatic rings. The molecular formula is C13H13BrClN3. The zero-order chi connectivity index (χ0) is 13.1. The molecule has 1 aromatic carbocycles. The van der Waals surface area contributed by atoms with Crippen LogP contribution >= 0.6 is 27.5 Å². The van der Waals surface area contributed by atoms with Gasteiger partial charge in [-0.1, -0.05) is 18.2 Å². The molecule has 1 heterocycles. The van der Waals surface area contributed by atoms with Gasteiger partial charge in [0.1, 0.15) is 5.82 Å². The van der Waals surface area contributed by atoms with E-state index in [1.54, 1.807) is 6.20 Å². The Bertz CT molecular complexity index is 570. The molecule has 0 atom stereocenters. The van der Waals surface area contributed by atoms with Crippen LogP contribution in [0, 0.1) is 13.8 Å². The number of aromatic nitrogens is 2. The molecule has 94 valence electrons. The number of nitrogens with one attached hydrogen (secondary N) is 1. The minimum atomic E-state index is 0.238. The third kappa shape index (κ3) is 3.00. The largest absolute Gasteiger partial charge is 0.365 e. The minimum Gasteiger partial charge on any atom is -0.365 e. The van der Waals surface area contributed by atoms with Gasteiger partial charge in [-0.05, 0) is 58.1 Å². The SMILES string of the molecule is Cc1cccc(CNc2nc(Cl)ncc2Br)c1C. The monoisotopic (exact) mass is 325 g/mol. The molecule has 0 bridgehead atoms. The highest BCUT2D eigenvalue weighted by Crippen LogP contribution is 2.21. The Morgan fingerprint density at radius 2 is 2.11 bits per heavy atom. The summed E-state index contributed by atoms with van der Waals surface area (Å²) < 4.78 is 0.803. The van der Waals surface area contributed by atoms with E-state index in [0.717, 1.165) is 4.47 Å². The van der Waals surface area contributed by atoms with Gasteiger partial charge in [0.2, 0.25) is 5.28 Å². The van der Waals surface area contributed by atoms with E-state index in [1.807, 2.05) is 0 Å². The lowest BCUT2D eigenvalue weighted by molar-refractivity contribution is 1.05. The van der Waals surface area contributed by atoms with Crippen molar-refractivity contribution in [2.75, 3.05) is 5.32 Å². The van der Waals surface area contributed by atoms with Crippen molar-refractivity contribution in [1.82, 2.24) is 9.97 Å². The maximum absolute atomic E-state index is 5.77. The normalized spacial score (nSPS) is 10.4. The first-order valence-corrected chi connectivity index (χ1v) is 6.72. The first-order valence-electron chi connectivity index (χ1n) is 5.55. The molecule has 0 spiro atoms. The molecule has 0 saturated heterocycles. The molecule has 0 amide bonds. The third-order valence-electron chi connectivity index (χ3n) is 2.88. The Hall–Kier alpha value is -1.13. The zero-order valence-corrected chi connectivity index (χ0v) is 12.5. The Balaban J connectivity index is 2.16. The van der Waals surface area contributed by atoms with E-state index in [-0.39, 0.29) is 5.28 Å². The molecule has 0 aliphatic heterocycles. The molecule has 18 heavy (non-hydrogen) atoms. The molecule has 1 N–H and O–H groups in total. The molecule has 3 nitrogen and oxygen atoms in total. The van der Waals surface area contributed by atoms with Crippen molar-refractivity contribution in [3.05, 3.63) is 50.8 Å². The predicted molar refractivity (Wildman–Crippen MR) is 78.0 cm³/mol. The second-order valence-corrected chi connectivity index (χ2v) is 5.24. The number of nitrogens with zero attached hydrogens (tertiary/aromatic N) is 2. The van der Waals surface area contributed by atoms with Gasteiger partial charge in [-0.25, -0.2) is 4.98 Å². The number of benzene rings is 1. The van der Waals surface area contributed by atoms with Gasteiger partial charge in [-0.2, -0.15) is 4.98 Å². The summed E-state index contributed by atoms with van der Waals surface area (Å²) in [6.45, 7) is 4.93. The van der Waals surface area contributed by atoms with E-state index in [4.69, 9.17) is 11.6 Å². The summed E-state index contributed by atoms with van der Waals surface area (Å²) >= 11 is 9.16.